The van der Waals surface area contributed by atoms with E-state index in [0.29, 0.717) is 6.61 Å². The zero-order valence-electron chi connectivity index (χ0n) is 13.5. The molecule has 1 aromatic carbocycles. The van der Waals surface area contributed by atoms with E-state index >= 15 is 0 Å². The van der Waals surface area contributed by atoms with E-state index in [0.717, 1.165) is 5.56 Å². The van der Waals surface area contributed by atoms with Crippen molar-refractivity contribution in [2.45, 2.75) is 30.8 Å². The van der Waals surface area contributed by atoms with E-state index in [4.69, 9.17) is 10.5 Å². The maximum atomic E-state index is 12.0. The van der Waals surface area contributed by atoms with Gasteiger partial charge in [-0.2, -0.15) is 0 Å². The molecule has 23 heavy (non-hydrogen) atoms. The number of ether oxygens (including phenoxy) is 1. The molecular weight excluding hydrogens is 342 g/mol. The average molecular weight is 366 g/mol. The second kappa shape index (κ2) is 9.19. The predicted octanol–water partition coefficient (Wildman–Crippen LogP) is 0.387. The molecule has 0 aliphatic rings. The van der Waals surface area contributed by atoms with Crippen molar-refractivity contribution in [3.63, 3.8) is 0 Å². The first-order valence-corrected chi connectivity index (χ1v) is 8.30. The summed E-state index contributed by atoms with van der Waals surface area (Å²) < 4.78 is 31.1. The number of benzene rings is 1. The molecule has 0 spiro atoms. The Hall–Kier alpha value is -1.19. The van der Waals surface area contributed by atoms with Crippen LogP contribution in [0, 0.1) is 0 Å². The average Bonchev–Trinajstić information content (AvgIpc) is 2.44. The van der Waals surface area contributed by atoms with Crippen molar-refractivity contribution < 1.29 is 17.9 Å². The SMILES string of the molecule is COCCNS(=O)(=O)c1ccc(CNC(=O)C(C)(C)N)cc1.Cl. The maximum Gasteiger partial charge on any atom is 0.240 e. The predicted molar refractivity (Wildman–Crippen MR) is 90.9 cm³/mol. The van der Waals surface area contributed by atoms with Crippen molar-refractivity contribution in [3.8, 4) is 0 Å². The van der Waals surface area contributed by atoms with Crippen LogP contribution in [0.25, 0.3) is 0 Å². The molecule has 7 nitrogen and oxygen atoms in total. The monoisotopic (exact) mass is 365 g/mol. The molecule has 0 unspecified atom stereocenters. The zero-order valence-corrected chi connectivity index (χ0v) is 15.1. The van der Waals surface area contributed by atoms with Crippen molar-refractivity contribution >= 4 is 28.3 Å². The highest BCUT2D eigenvalue weighted by molar-refractivity contribution is 7.89. The Labute approximate surface area is 143 Å². The van der Waals surface area contributed by atoms with Gasteiger partial charge in [0.15, 0.2) is 0 Å². The minimum Gasteiger partial charge on any atom is -0.383 e. The van der Waals surface area contributed by atoms with Crippen molar-refractivity contribution in [2.24, 2.45) is 5.73 Å². The lowest BCUT2D eigenvalue weighted by Gasteiger charge is -2.17. The fourth-order valence-corrected chi connectivity index (χ4v) is 2.57. The Kier molecular flexibility index (Phi) is 8.71. The van der Waals surface area contributed by atoms with Crippen LogP contribution >= 0.6 is 12.4 Å². The van der Waals surface area contributed by atoms with Crippen molar-refractivity contribution in [3.05, 3.63) is 29.8 Å². The topological polar surface area (TPSA) is 111 Å². The molecule has 1 aromatic rings. The Morgan fingerprint density at radius 1 is 1.26 bits per heavy atom. The van der Waals surface area contributed by atoms with Gasteiger partial charge in [-0.1, -0.05) is 12.1 Å². The first kappa shape index (κ1) is 21.8. The largest absolute Gasteiger partial charge is 0.383 e. The van der Waals surface area contributed by atoms with Crippen LogP contribution in [-0.4, -0.2) is 40.1 Å². The third kappa shape index (κ3) is 7.28. The van der Waals surface area contributed by atoms with Gasteiger partial charge in [0.05, 0.1) is 17.0 Å². The van der Waals surface area contributed by atoms with Crippen LogP contribution in [0.2, 0.25) is 0 Å². The third-order valence-electron chi connectivity index (χ3n) is 2.87. The van der Waals surface area contributed by atoms with E-state index in [9.17, 15) is 13.2 Å². The lowest BCUT2D eigenvalue weighted by Crippen LogP contribution is -2.48. The molecule has 0 aromatic heterocycles. The van der Waals surface area contributed by atoms with Crippen molar-refractivity contribution in [1.82, 2.24) is 10.0 Å². The van der Waals surface area contributed by atoms with Gasteiger partial charge in [-0.25, -0.2) is 13.1 Å². The number of halogens is 1. The van der Waals surface area contributed by atoms with E-state index < -0.39 is 15.6 Å². The molecule has 0 bridgehead atoms. The number of rotatable bonds is 8. The number of carbonyl (C=O) groups is 1. The van der Waals surface area contributed by atoms with Crippen molar-refractivity contribution in [1.29, 1.82) is 0 Å². The Bertz CT molecular complexity index is 597. The number of sulfonamides is 1. The van der Waals surface area contributed by atoms with Crippen LogP contribution in [0.5, 0.6) is 0 Å². The highest BCUT2D eigenvalue weighted by Gasteiger charge is 2.21. The van der Waals surface area contributed by atoms with Crippen LogP contribution in [0.1, 0.15) is 19.4 Å². The van der Waals surface area contributed by atoms with Gasteiger partial charge in [0.2, 0.25) is 15.9 Å². The third-order valence-corrected chi connectivity index (χ3v) is 4.35. The van der Waals surface area contributed by atoms with Crippen LogP contribution in [0.3, 0.4) is 0 Å². The van der Waals surface area contributed by atoms with E-state index in [1.54, 1.807) is 26.0 Å². The number of amides is 1. The Balaban J connectivity index is 0.00000484. The number of carbonyl (C=O) groups excluding carboxylic acids is 1. The summed E-state index contributed by atoms with van der Waals surface area (Å²) in [5.74, 6) is -0.273. The summed E-state index contributed by atoms with van der Waals surface area (Å²) in [6, 6.07) is 6.28. The highest BCUT2D eigenvalue weighted by atomic mass is 35.5. The molecule has 9 heteroatoms. The van der Waals surface area contributed by atoms with Gasteiger partial charge in [0.1, 0.15) is 0 Å². The minimum absolute atomic E-state index is 0. The van der Waals surface area contributed by atoms with E-state index in [-0.39, 0.29) is 36.3 Å². The van der Waals surface area contributed by atoms with Crippen LogP contribution in [0.15, 0.2) is 29.2 Å². The van der Waals surface area contributed by atoms with E-state index in [2.05, 4.69) is 10.0 Å². The number of hydrogen-bond donors (Lipinski definition) is 3. The van der Waals surface area contributed by atoms with Crippen molar-refractivity contribution in [2.75, 3.05) is 20.3 Å². The normalized spacial score (nSPS) is 11.7. The highest BCUT2D eigenvalue weighted by Crippen LogP contribution is 2.10. The van der Waals surface area contributed by atoms with Crippen LogP contribution < -0.4 is 15.8 Å². The van der Waals surface area contributed by atoms with Gasteiger partial charge >= 0.3 is 0 Å². The fourth-order valence-electron chi connectivity index (χ4n) is 1.56. The molecule has 1 amide bonds. The number of nitrogens with two attached hydrogens (primary N) is 1. The molecule has 0 saturated heterocycles. The number of methoxy groups -OCH3 is 1. The number of nitrogens with one attached hydrogen (secondary N) is 2. The standard InChI is InChI=1S/C14H23N3O4S.ClH/c1-14(2,15)13(18)16-10-11-4-6-12(7-5-11)22(19,20)17-8-9-21-3;/h4-7,17H,8-10,15H2,1-3H3,(H,16,18);1H. The maximum absolute atomic E-state index is 12.0. The molecule has 0 aliphatic carbocycles. The van der Waals surface area contributed by atoms with Gasteiger partial charge in [-0.3, -0.25) is 4.79 Å². The second-order valence-corrected chi connectivity index (χ2v) is 7.21. The van der Waals surface area contributed by atoms with Gasteiger partial charge in [0, 0.05) is 20.2 Å². The van der Waals surface area contributed by atoms with Gasteiger partial charge in [-0.05, 0) is 31.5 Å². The summed E-state index contributed by atoms with van der Waals surface area (Å²) >= 11 is 0. The van der Waals surface area contributed by atoms with Crippen LogP contribution in [0.4, 0.5) is 0 Å². The number of hydrogen-bond acceptors (Lipinski definition) is 5. The molecular formula is C14H24ClN3O4S. The van der Waals surface area contributed by atoms with Gasteiger partial charge in [0.25, 0.3) is 0 Å². The quantitative estimate of drug-likeness (QED) is 0.577. The first-order valence-electron chi connectivity index (χ1n) is 6.81. The van der Waals surface area contributed by atoms with E-state index in [1.807, 2.05) is 0 Å². The molecule has 0 aliphatic heterocycles. The zero-order chi connectivity index (χ0) is 16.8. The molecule has 0 saturated carbocycles. The molecule has 0 radical (unpaired) electrons. The second-order valence-electron chi connectivity index (χ2n) is 5.44. The lowest BCUT2D eigenvalue weighted by atomic mass is 10.1. The summed E-state index contributed by atoms with van der Waals surface area (Å²) in [7, 11) is -2.04. The van der Waals surface area contributed by atoms with Gasteiger partial charge < -0.3 is 15.8 Å². The summed E-state index contributed by atoms with van der Waals surface area (Å²) in [6.07, 6.45) is 0. The Morgan fingerprint density at radius 2 is 1.83 bits per heavy atom. The van der Waals surface area contributed by atoms with Crippen LogP contribution in [-0.2, 0) is 26.1 Å². The smallest absolute Gasteiger partial charge is 0.240 e. The summed E-state index contributed by atoms with van der Waals surface area (Å²) in [4.78, 5) is 11.8. The molecule has 0 fully saturated rings. The first-order chi connectivity index (χ1) is 10.2. The fraction of sp³-hybridized carbons (Fsp3) is 0.500. The molecule has 0 heterocycles. The molecule has 4 N–H and O–H groups in total. The molecule has 132 valence electrons. The Morgan fingerprint density at radius 3 is 2.30 bits per heavy atom. The van der Waals surface area contributed by atoms with Gasteiger partial charge in [-0.15, -0.1) is 12.4 Å². The lowest BCUT2D eigenvalue weighted by molar-refractivity contribution is -0.125. The summed E-state index contributed by atoms with van der Waals surface area (Å²) in [5, 5.41) is 2.69. The van der Waals surface area contributed by atoms with E-state index in [1.165, 1.54) is 19.2 Å². The molecule has 1 rings (SSSR count). The summed E-state index contributed by atoms with van der Waals surface area (Å²) in [5.41, 5.74) is 5.51. The summed E-state index contributed by atoms with van der Waals surface area (Å²) in [6.45, 7) is 4.03. The molecule has 0 atom stereocenters. The minimum atomic E-state index is -3.54.